The third-order valence-corrected chi connectivity index (χ3v) is 4.62. The zero-order valence-electron chi connectivity index (χ0n) is 12.4. The standard InChI is InChI=1S/C14H24N4OS/c1-3-17(4-2)8-5-13-16-12(11-20-13)14(19)18-9-6-15-7-10-18/h11,15H,3-10H2,1-2H3. The molecule has 1 amide bonds. The predicted octanol–water partition coefficient (Wildman–Crippen LogP) is 1.07. The lowest BCUT2D eigenvalue weighted by Gasteiger charge is -2.26. The number of rotatable bonds is 6. The molecule has 5 nitrogen and oxygen atoms in total. The first-order chi connectivity index (χ1) is 9.74. The summed E-state index contributed by atoms with van der Waals surface area (Å²) < 4.78 is 0. The number of nitrogens with zero attached hydrogens (tertiary/aromatic N) is 3. The van der Waals surface area contributed by atoms with E-state index in [9.17, 15) is 4.79 Å². The van der Waals surface area contributed by atoms with E-state index < -0.39 is 0 Å². The molecule has 2 heterocycles. The monoisotopic (exact) mass is 296 g/mol. The summed E-state index contributed by atoms with van der Waals surface area (Å²) in [7, 11) is 0. The summed E-state index contributed by atoms with van der Waals surface area (Å²) >= 11 is 1.60. The van der Waals surface area contributed by atoms with E-state index in [1.165, 1.54) is 0 Å². The van der Waals surface area contributed by atoms with Gasteiger partial charge < -0.3 is 15.1 Å². The lowest BCUT2D eigenvalue weighted by Crippen LogP contribution is -2.46. The van der Waals surface area contributed by atoms with Gasteiger partial charge >= 0.3 is 0 Å². The Morgan fingerprint density at radius 3 is 2.75 bits per heavy atom. The smallest absolute Gasteiger partial charge is 0.273 e. The van der Waals surface area contributed by atoms with Gasteiger partial charge in [0.1, 0.15) is 5.69 Å². The van der Waals surface area contributed by atoms with Crippen molar-refractivity contribution in [2.24, 2.45) is 0 Å². The van der Waals surface area contributed by atoms with E-state index >= 15 is 0 Å². The molecule has 1 aromatic heterocycles. The maximum atomic E-state index is 12.3. The fourth-order valence-corrected chi connectivity index (χ4v) is 3.11. The summed E-state index contributed by atoms with van der Waals surface area (Å²) in [5.41, 5.74) is 0.617. The van der Waals surface area contributed by atoms with Gasteiger partial charge in [-0.05, 0) is 13.1 Å². The lowest BCUT2D eigenvalue weighted by atomic mass is 10.3. The van der Waals surface area contributed by atoms with Crippen molar-refractivity contribution in [1.29, 1.82) is 0 Å². The van der Waals surface area contributed by atoms with E-state index in [0.29, 0.717) is 5.69 Å². The van der Waals surface area contributed by atoms with Gasteiger partial charge in [0.15, 0.2) is 0 Å². The van der Waals surface area contributed by atoms with Crippen molar-refractivity contribution in [3.05, 3.63) is 16.1 Å². The SMILES string of the molecule is CCN(CC)CCc1nc(C(=O)N2CCNCC2)cs1. The fourth-order valence-electron chi connectivity index (χ4n) is 2.35. The molecule has 1 aliphatic heterocycles. The minimum Gasteiger partial charge on any atom is -0.335 e. The lowest BCUT2D eigenvalue weighted by molar-refractivity contribution is 0.0730. The highest BCUT2D eigenvalue weighted by molar-refractivity contribution is 7.09. The van der Waals surface area contributed by atoms with Crippen molar-refractivity contribution in [2.75, 3.05) is 45.8 Å². The van der Waals surface area contributed by atoms with E-state index in [-0.39, 0.29) is 5.91 Å². The van der Waals surface area contributed by atoms with Gasteiger partial charge in [-0.15, -0.1) is 11.3 Å². The molecule has 20 heavy (non-hydrogen) atoms. The number of hydrogen-bond donors (Lipinski definition) is 1. The summed E-state index contributed by atoms with van der Waals surface area (Å²) in [5.74, 6) is 0.0804. The van der Waals surface area contributed by atoms with E-state index in [2.05, 4.69) is 29.0 Å². The molecule has 1 N–H and O–H groups in total. The van der Waals surface area contributed by atoms with Crippen LogP contribution in [0, 0.1) is 0 Å². The Bertz CT molecular complexity index is 425. The normalized spacial score (nSPS) is 15.8. The van der Waals surface area contributed by atoms with Crippen LogP contribution >= 0.6 is 11.3 Å². The van der Waals surface area contributed by atoms with Crippen molar-refractivity contribution in [3.63, 3.8) is 0 Å². The van der Waals surface area contributed by atoms with Gasteiger partial charge in [-0.25, -0.2) is 4.98 Å². The van der Waals surface area contributed by atoms with Crippen molar-refractivity contribution < 1.29 is 4.79 Å². The highest BCUT2D eigenvalue weighted by atomic mass is 32.1. The maximum Gasteiger partial charge on any atom is 0.273 e. The topological polar surface area (TPSA) is 48.5 Å². The van der Waals surface area contributed by atoms with Crippen LogP contribution in [0.3, 0.4) is 0 Å². The van der Waals surface area contributed by atoms with Gasteiger partial charge in [-0.3, -0.25) is 4.79 Å². The van der Waals surface area contributed by atoms with Crippen molar-refractivity contribution >= 4 is 17.2 Å². The largest absolute Gasteiger partial charge is 0.335 e. The number of hydrogen-bond acceptors (Lipinski definition) is 5. The molecular formula is C14H24N4OS. The minimum absolute atomic E-state index is 0.0804. The van der Waals surface area contributed by atoms with Crippen molar-refractivity contribution in [2.45, 2.75) is 20.3 Å². The Labute approximate surface area is 125 Å². The number of piperazine rings is 1. The van der Waals surface area contributed by atoms with Crippen LogP contribution in [-0.2, 0) is 6.42 Å². The quantitative estimate of drug-likeness (QED) is 0.853. The predicted molar refractivity (Wildman–Crippen MR) is 82.4 cm³/mol. The second-order valence-electron chi connectivity index (χ2n) is 4.95. The van der Waals surface area contributed by atoms with Gasteiger partial charge in [0.2, 0.25) is 0 Å². The molecular weight excluding hydrogens is 272 g/mol. The number of carbonyl (C=O) groups is 1. The summed E-state index contributed by atoms with van der Waals surface area (Å²) in [6.45, 7) is 10.8. The first-order valence-corrected chi connectivity index (χ1v) is 8.29. The molecule has 0 saturated carbocycles. The maximum absolute atomic E-state index is 12.3. The number of carbonyl (C=O) groups excluding carboxylic acids is 1. The van der Waals surface area contributed by atoms with Crippen molar-refractivity contribution in [3.8, 4) is 0 Å². The third kappa shape index (κ3) is 4.01. The zero-order chi connectivity index (χ0) is 14.4. The molecule has 0 spiro atoms. The Kier molecular flexibility index (Phi) is 5.94. The second-order valence-corrected chi connectivity index (χ2v) is 5.89. The molecule has 1 aromatic rings. The molecule has 1 fully saturated rings. The Hall–Kier alpha value is -0.980. The van der Waals surface area contributed by atoms with Gasteiger partial charge in [-0.2, -0.15) is 0 Å². The minimum atomic E-state index is 0.0804. The molecule has 1 saturated heterocycles. The summed E-state index contributed by atoms with van der Waals surface area (Å²) in [4.78, 5) is 21.1. The highest BCUT2D eigenvalue weighted by Crippen LogP contribution is 2.13. The first-order valence-electron chi connectivity index (χ1n) is 7.41. The Morgan fingerprint density at radius 2 is 2.10 bits per heavy atom. The van der Waals surface area contributed by atoms with Gasteiger partial charge in [0.25, 0.3) is 5.91 Å². The molecule has 6 heteroatoms. The Morgan fingerprint density at radius 1 is 1.40 bits per heavy atom. The summed E-state index contributed by atoms with van der Waals surface area (Å²) in [6.07, 6.45) is 0.932. The van der Waals surface area contributed by atoms with Crippen LogP contribution in [0.2, 0.25) is 0 Å². The van der Waals surface area contributed by atoms with Crippen LogP contribution in [0.4, 0.5) is 0 Å². The van der Waals surface area contributed by atoms with Crippen LogP contribution in [-0.4, -0.2) is 66.5 Å². The van der Waals surface area contributed by atoms with E-state index in [1.807, 2.05) is 10.3 Å². The fraction of sp³-hybridized carbons (Fsp3) is 0.714. The first kappa shape index (κ1) is 15.4. The summed E-state index contributed by atoms with van der Waals surface area (Å²) in [5, 5.41) is 6.22. The van der Waals surface area contributed by atoms with E-state index in [4.69, 9.17) is 0 Å². The number of thiazole rings is 1. The van der Waals surface area contributed by atoms with Crippen LogP contribution in [0.5, 0.6) is 0 Å². The van der Waals surface area contributed by atoms with Crippen LogP contribution < -0.4 is 5.32 Å². The summed E-state index contributed by atoms with van der Waals surface area (Å²) in [6, 6.07) is 0. The van der Waals surface area contributed by atoms with Crippen LogP contribution in [0.15, 0.2) is 5.38 Å². The molecule has 0 atom stereocenters. The highest BCUT2D eigenvalue weighted by Gasteiger charge is 2.20. The average molecular weight is 296 g/mol. The molecule has 1 aliphatic rings. The second kappa shape index (κ2) is 7.71. The number of aromatic nitrogens is 1. The van der Waals surface area contributed by atoms with Crippen molar-refractivity contribution in [1.82, 2.24) is 20.1 Å². The number of amides is 1. The molecule has 0 radical (unpaired) electrons. The molecule has 0 unspecified atom stereocenters. The molecule has 0 bridgehead atoms. The van der Waals surface area contributed by atoms with Crippen LogP contribution in [0.1, 0.15) is 29.3 Å². The van der Waals surface area contributed by atoms with Gasteiger partial charge in [0, 0.05) is 44.5 Å². The number of likely N-dealkylation sites (N-methyl/N-ethyl adjacent to an activating group) is 1. The molecule has 112 valence electrons. The molecule has 2 rings (SSSR count). The zero-order valence-corrected chi connectivity index (χ0v) is 13.2. The van der Waals surface area contributed by atoms with Crippen LogP contribution in [0.25, 0.3) is 0 Å². The molecule has 0 aliphatic carbocycles. The average Bonchev–Trinajstić information content (AvgIpc) is 2.97. The Balaban J connectivity index is 1.89. The van der Waals surface area contributed by atoms with Gasteiger partial charge in [0.05, 0.1) is 5.01 Å². The van der Waals surface area contributed by atoms with E-state index in [0.717, 1.165) is 57.2 Å². The third-order valence-electron chi connectivity index (χ3n) is 3.71. The van der Waals surface area contributed by atoms with Gasteiger partial charge in [-0.1, -0.05) is 13.8 Å². The number of nitrogens with one attached hydrogen (secondary N) is 1. The molecule has 0 aromatic carbocycles. The van der Waals surface area contributed by atoms with E-state index in [1.54, 1.807) is 11.3 Å².